The van der Waals surface area contributed by atoms with E-state index < -0.39 is 52.2 Å². The zero-order valence-electron chi connectivity index (χ0n) is 17.2. The van der Waals surface area contributed by atoms with Gasteiger partial charge in [-0.1, -0.05) is 31.4 Å². The number of phenols is 2. The van der Waals surface area contributed by atoms with Crippen LogP contribution >= 0.6 is 0 Å². The van der Waals surface area contributed by atoms with Gasteiger partial charge in [-0.3, -0.25) is 0 Å². The summed E-state index contributed by atoms with van der Waals surface area (Å²) in [6, 6.07) is 4.08. The van der Waals surface area contributed by atoms with E-state index in [0.29, 0.717) is 43.5 Å². The lowest BCUT2D eigenvalue weighted by Crippen LogP contribution is -2.36. The Labute approximate surface area is 186 Å². The van der Waals surface area contributed by atoms with Crippen molar-refractivity contribution in [3.8, 4) is 11.5 Å². The Balaban J connectivity index is 2.25. The third kappa shape index (κ3) is 4.15. The van der Waals surface area contributed by atoms with Crippen LogP contribution < -0.4 is 0 Å². The Bertz CT molecular complexity index is 973. The van der Waals surface area contributed by atoms with E-state index in [2.05, 4.69) is 0 Å². The molecule has 0 bridgehead atoms. The highest BCUT2D eigenvalue weighted by Crippen LogP contribution is 2.53. The van der Waals surface area contributed by atoms with Crippen LogP contribution in [0.25, 0.3) is 0 Å². The first-order valence-corrected chi connectivity index (χ1v) is 10.0. The standard InChI is InChI=1S/C22H18F10O2/c23-19(24,21(27,28)29)14-10-12(4-6-16(14)33)18(8-2-1-3-9-18)13-5-7-17(34)15(11-13)20(25,26)22(30,31)32/h4-7,10-11,33-34H,1-3,8-9H2. The lowest BCUT2D eigenvalue weighted by Gasteiger charge is -2.39. The third-order valence-corrected chi connectivity index (χ3v) is 6.19. The second-order valence-corrected chi connectivity index (χ2v) is 8.25. The fourth-order valence-electron chi connectivity index (χ4n) is 4.38. The van der Waals surface area contributed by atoms with Crippen LogP contribution in [0, 0.1) is 0 Å². The van der Waals surface area contributed by atoms with E-state index >= 15 is 0 Å². The van der Waals surface area contributed by atoms with Crippen LogP contribution in [0.2, 0.25) is 0 Å². The minimum absolute atomic E-state index is 0.0383. The Kier molecular flexibility index (Phi) is 6.28. The van der Waals surface area contributed by atoms with E-state index in [0.717, 1.165) is 12.1 Å². The Morgan fingerprint density at radius 1 is 0.559 bits per heavy atom. The summed E-state index contributed by atoms with van der Waals surface area (Å²) >= 11 is 0. The first kappa shape index (κ1) is 26.0. The van der Waals surface area contributed by atoms with Crippen molar-refractivity contribution in [1.82, 2.24) is 0 Å². The number of aromatic hydroxyl groups is 2. The van der Waals surface area contributed by atoms with Crippen molar-refractivity contribution in [2.45, 2.75) is 61.7 Å². The average Bonchev–Trinajstić information content (AvgIpc) is 2.73. The molecule has 188 valence electrons. The van der Waals surface area contributed by atoms with Gasteiger partial charge < -0.3 is 10.2 Å². The molecule has 12 heteroatoms. The fraction of sp³-hybridized carbons (Fsp3) is 0.455. The van der Waals surface area contributed by atoms with Crippen molar-refractivity contribution < 1.29 is 54.1 Å². The molecule has 34 heavy (non-hydrogen) atoms. The number of hydrogen-bond acceptors (Lipinski definition) is 2. The van der Waals surface area contributed by atoms with Crippen LogP contribution in [-0.4, -0.2) is 22.6 Å². The van der Waals surface area contributed by atoms with E-state index in [1.54, 1.807) is 0 Å². The minimum atomic E-state index is -6.05. The van der Waals surface area contributed by atoms with E-state index in [4.69, 9.17) is 0 Å². The molecule has 0 aromatic heterocycles. The van der Waals surface area contributed by atoms with Gasteiger partial charge in [0.15, 0.2) is 0 Å². The number of halogens is 10. The summed E-state index contributed by atoms with van der Waals surface area (Å²) in [7, 11) is 0. The average molecular weight is 504 g/mol. The van der Waals surface area contributed by atoms with Gasteiger partial charge in [-0.25, -0.2) is 0 Å². The van der Waals surface area contributed by atoms with E-state index in [-0.39, 0.29) is 24.0 Å². The Hall–Kier alpha value is -2.66. The first-order valence-electron chi connectivity index (χ1n) is 10.0. The maximum absolute atomic E-state index is 14.1. The summed E-state index contributed by atoms with van der Waals surface area (Å²) in [6.07, 6.45) is -10.7. The molecule has 0 amide bonds. The lowest BCUT2D eigenvalue weighted by molar-refractivity contribution is -0.289. The van der Waals surface area contributed by atoms with Gasteiger partial charge in [-0.05, 0) is 48.2 Å². The van der Waals surface area contributed by atoms with Gasteiger partial charge in [-0.2, -0.15) is 43.9 Å². The molecule has 0 aliphatic heterocycles. The Morgan fingerprint density at radius 3 is 1.24 bits per heavy atom. The molecule has 1 aliphatic rings. The molecule has 1 saturated carbocycles. The van der Waals surface area contributed by atoms with Gasteiger partial charge in [0, 0.05) is 5.41 Å². The smallest absolute Gasteiger partial charge is 0.458 e. The van der Waals surface area contributed by atoms with Crippen LogP contribution in [0.15, 0.2) is 36.4 Å². The zero-order chi connectivity index (χ0) is 25.7. The number of hydrogen-bond donors (Lipinski definition) is 2. The molecule has 1 aliphatic carbocycles. The van der Waals surface area contributed by atoms with Crippen LogP contribution in [0.4, 0.5) is 43.9 Å². The Morgan fingerprint density at radius 2 is 0.912 bits per heavy atom. The maximum atomic E-state index is 14.1. The highest BCUT2D eigenvalue weighted by Gasteiger charge is 2.61. The van der Waals surface area contributed by atoms with Gasteiger partial charge in [0.05, 0.1) is 11.1 Å². The predicted octanol–water partition coefficient (Wildman–Crippen LogP) is 7.66. The molecule has 0 unspecified atom stereocenters. The largest absolute Gasteiger partial charge is 0.507 e. The van der Waals surface area contributed by atoms with Crippen LogP contribution in [-0.2, 0) is 17.3 Å². The number of alkyl halides is 10. The van der Waals surface area contributed by atoms with Gasteiger partial charge in [0.2, 0.25) is 0 Å². The first-order chi connectivity index (χ1) is 15.4. The summed E-state index contributed by atoms with van der Waals surface area (Å²) < 4.78 is 134. The molecule has 2 aromatic rings. The van der Waals surface area contributed by atoms with Gasteiger partial charge in [0.25, 0.3) is 0 Å². The maximum Gasteiger partial charge on any atom is 0.458 e. The highest BCUT2D eigenvalue weighted by atomic mass is 19.4. The lowest BCUT2D eigenvalue weighted by atomic mass is 9.64. The summed E-state index contributed by atoms with van der Waals surface area (Å²) in [6.45, 7) is 0. The monoisotopic (exact) mass is 504 g/mol. The second-order valence-electron chi connectivity index (χ2n) is 8.25. The molecule has 2 N–H and O–H groups in total. The van der Waals surface area contributed by atoms with Crippen LogP contribution in [0.3, 0.4) is 0 Å². The van der Waals surface area contributed by atoms with Crippen molar-refractivity contribution in [3.63, 3.8) is 0 Å². The summed E-state index contributed by atoms with van der Waals surface area (Å²) in [4.78, 5) is 0. The quantitative estimate of drug-likeness (QED) is 0.420. The normalized spacial score (nSPS) is 17.6. The van der Waals surface area contributed by atoms with E-state index in [1.165, 1.54) is 0 Å². The summed E-state index contributed by atoms with van der Waals surface area (Å²) in [5.74, 6) is -13.6. The van der Waals surface area contributed by atoms with Crippen molar-refractivity contribution in [3.05, 3.63) is 58.7 Å². The molecule has 0 heterocycles. The van der Waals surface area contributed by atoms with Crippen molar-refractivity contribution >= 4 is 0 Å². The van der Waals surface area contributed by atoms with Crippen LogP contribution in [0.1, 0.15) is 54.4 Å². The zero-order valence-corrected chi connectivity index (χ0v) is 17.2. The van der Waals surface area contributed by atoms with Gasteiger partial charge in [0.1, 0.15) is 11.5 Å². The fourth-order valence-corrected chi connectivity index (χ4v) is 4.38. The third-order valence-electron chi connectivity index (χ3n) is 6.19. The van der Waals surface area contributed by atoms with E-state index in [1.807, 2.05) is 0 Å². The summed E-state index contributed by atoms with van der Waals surface area (Å²) in [5, 5.41) is 19.5. The number of phenolic OH excluding ortho intramolecular Hbond substituents is 2. The molecule has 1 fully saturated rings. The van der Waals surface area contributed by atoms with Gasteiger partial charge in [-0.15, -0.1) is 0 Å². The molecule has 2 aromatic carbocycles. The SMILES string of the molecule is Oc1ccc(C2(c3ccc(O)c(C(F)(F)C(F)(F)F)c3)CCCCC2)cc1C(F)(F)C(F)(F)F. The summed E-state index contributed by atoms with van der Waals surface area (Å²) in [5.41, 5.74) is -5.46. The molecular formula is C22H18F10O2. The van der Waals surface area contributed by atoms with E-state index in [9.17, 15) is 54.1 Å². The topological polar surface area (TPSA) is 40.5 Å². The molecular weight excluding hydrogens is 486 g/mol. The predicted molar refractivity (Wildman–Crippen MR) is 100.0 cm³/mol. The second kappa shape index (κ2) is 8.23. The molecule has 3 rings (SSSR count). The molecule has 0 saturated heterocycles. The molecule has 0 atom stereocenters. The highest BCUT2D eigenvalue weighted by molar-refractivity contribution is 5.50. The van der Waals surface area contributed by atoms with Crippen molar-refractivity contribution in [1.29, 1.82) is 0 Å². The molecule has 2 nitrogen and oxygen atoms in total. The minimum Gasteiger partial charge on any atom is -0.507 e. The van der Waals surface area contributed by atoms with Crippen LogP contribution in [0.5, 0.6) is 11.5 Å². The van der Waals surface area contributed by atoms with Gasteiger partial charge >= 0.3 is 24.2 Å². The molecule has 0 spiro atoms. The van der Waals surface area contributed by atoms with Crippen molar-refractivity contribution in [2.24, 2.45) is 0 Å². The number of benzene rings is 2. The van der Waals surface area contributed by atoms with Crippen molar-refractivity contribution in [2.75, 3.05) is 0 Å². The molecule has 0 radical (unpaired) electrons. The number of rotatable bonds is 4.